The summed E-state index contributed by atoms with van der Waals surface area (Å²) in [7, 11) is 0. The predicted molar refractivity (Wildman–Crippen MR) is 176 cm³/mol. The van der Waals surface area contributed by atoms with Gasteiger partial charge in [-0.15, -0.1) is 0 Å². The summed E-state index contributed by atoms with van der Waals surface area (Å²) >= 11 is 0. The topological polar surface area (TPSA) is 130 Å². The molecule has 46 heavy (non-hydrogen) atoms. The van der Waals surface area contributed by atoms with Crippen molar-refractivity contribution in [3.8, 4) is 0 Å². The number of aliphatic hydroxyl groups is 3. The van der Waals surface area contributed by atoms with Crippen LogP contribution in [0.1, 0.15) is 126 Å². The minimum atomic E-state index is -2.28. The molecule has 3 N–H and O–H groups in total. The monoisotopic (exact) mass is 642 g/mol. The van der Waals surface area contributed by atoms with Crippen LogP contribution < -0.4 is 0 Å². The zero-order chi connectivity index (χ0) is 34.2. The molecule has 0 aromatic rings. The van der Waals surface area contributed by atoms with Gasteiger partial charge in [0.15, 0.2) is 5.78 Å². The molecular weight excluding hydrogens is 584 g/mol. The number of hydrogen-bond acceptors (Lipinski definition) is 8. The molecule has 2 bridgehead atoms. The fourth-order valence-electron chi connectivity index (χ4n) is 9.01. The minimum absolute atomic E-state index is 0.159. The van der Waals surface area contributed by atoms with E-state index in [1.54, 1.807) is 39.8 Å². The Morgan fingerprint density at radius 1 is 0.957 bits per heavy atom. The molecule has 8 atom stereocenters. The third-order valence-corrected chi connectivity index (χ3v) is 12.1. The van der Waals surface area contributed by atoms with Gasteiger partial charge < -0.3 is 24.8 Å². The minimum Gasteiger partial charge on any atom is -0.458 e. The molecule has 4 rings (SSSR count). The first-order chi connectivity index (χ1) is 21.5. The third-order valence-electron chi connectivity index (χ3n) is 12.1. The van der Waals surface area contributed by atoms with E-state index >= 15 is 0 Å². The Bertz CT molecular complexity index is 1290. The number of hydrogen-bond donors (Lipinski definition) is 3. The molecule has 1 spiro atoms. The van der Waals surface area contributed by atoms with Crippen molar-refractivity contribution in [3.63, 3.8) is 0 Å². The predicted octanol–water partition coefficient (Wildman–Crippen LogP) is 6.31. The van der Waals surface area contributed by atoms with Crippen molar-refractivity contribution in [2.24, 2.45) is 28.6 Å². The standard InChI is InChI=1S/C38H58O8/c1-9-10-11-12-13-14-15-16-17-18-29(39)46-37-21-25(5)36-20-24(4)31(40)38(36,44)32(41)27(22-45-34(43)26(6)23(2)3)19-28(33(36)42)30(37)35(37,7)8/h19-20,25,28,30-32,40-41,44H,9-18,21-22H2,1-8H3/t25?,28-,30+,31-,32+,36?,37-,38+/m0/s1. The number of carbonyl (C=O) groups is 3. The summed E-state index contributed by atoms with van der Waals surface area (Å²) in [6.45, 7) is 14.6. The highest BCUT2D eigenvalue weighted by molar-refractivity contribution is 5.96. The average molecular weight is 643 g/mol. The van der Waals surface area contributed by atoms with Gasteiger partial charge in [-0.05, 0) is 57.6 Å². The van der Waals surface area contributed by atoms with Crippen LogP contribution in [0.2, 0.25) is 0 Å². The van der Waals surface area contributed by atoms with Gasteiger partial charge in [-0.25, -0.2) is 4.79 Å². The molecule has 8 heteroatoms. The van der Waals surface area contributed by atoms with Gasteiger partial charge in [0.1, 0.15) is 30.0 Å². The lowest BCUT2D eigenvalue weighted by atomic mass is 9.59. The lowest BCUT2D eigenvalue weighted by molar-refractivity contribution is -0.192. The van der Waals surface area contributed by atoms with Gasteiger partial charge in [0.05, 0.1) is 5.41 Å². The van der Waals surface area contributed by atoms with Gasteiger partial charge in [-0.2, -0.15) is 0 Å². The van der Waals surface area contributed by atoms with Gasteiger partial charge in [0.2, 0.25) is 0 Å². The summed E-state index contributed by atoms with van der Waals surface area (Å²) in [6.07, 6.45) is 11.0. The van der Waals surface area contributed by atoms with Crippen LogP contribution in [0.3, 0.4) is 0 Å². The van der Waals surface area contributed by atoms with Gasteiger partial charge in [0, 0.05) is 29.2 Å². The summed E-state index contributed by atoms with van der Waals surface area (Å²) in [5.74, 6) is -2.98. The van der Waals surface area contributed by atoms with Crippen molar-refractivity contribution in [2.75, 3.05) is 6.61 Å². The van der Waals surface area contributed by atoms with Crippen LogP contribution in [-0.2, 0) is 23.9 Å². The van der Waals surface area contributed by atoms with E-state index in [2.05, 4.69) is 6.92 Å². The molecule has 0 amide bonds. The highest BCUT2D eigenvalue weighted by Crippen LogP contribution is 2.75. The maximum atomic E-state index is 14.8. The number of esters is 2. The quantitative estimate of drug-likeness (QED) is 0.0870. The zero-order valence-electron chi connectivity index (χ0n) is 29.4. The Labute approximate surface area is 275 Å². The van der Waals surface area contributed by atoms with E-state index in [1.165, 1.54) is 38.5 Å². The first-order valence-corrected chi connectivity index (χ1v) is 17.6. The highest BCUT2D eigenvalue weighted by atomic mass is 16.6. The van der Waals surface area contributed by atoms with Crippen molar-refractivity contribution in [2.45, 2.75) is 149 Å². The number of Topliss-reactive ketones (excluding diaryl/α,β-unsaturated/α-hetero) is 1. The van der Waals surface area contributed by atoms with Crippen LogP contribution in [0, 0.1) is 28.6 Å². The van der Waals surface area contributed by atoms with E-state index in [-0.39, 0.29) is 23.9 Å². The molecule has 2 saturated carbocycles. The molecule has 0 aromatic heterocycles. The first kappa shape index (κ1) is 36.5. The molecule has 0 heterocycles. The highest BCUT2D eigenvalue weighted by Gasteiger charge is 2.83. The molecule has 258 valence electrons. The van der Waals surface area contributed by atoms with Crippen molar-refractivity contribution in [3.05, 3.63) is 34.4 Å². The maximum absolute atomic E-state index is 14.8. The summed E-state index contributed by atoms with van der Waals surface area (Å²) < 4.78 is 12.0. The normalized spacial score (nSPS) is 35.5. The number of unbranched alkanes of at least 4 members (excludes halogenated alkanes) is 8. The number of rotatable bonds is 14. The van der Waals surface area contributed by atoms with Crippen LogP contribution in [0.5, 0.6) is 0 Å². The van der Waals surface area contributed by atoms with E-state index in [0.29, 0.717) is 24.0 Å². The summed E-state index contributed by atoms with van der Waals surface area (Å²) in [5, 5.41) is 35.6. The second-order valence-electron chi connectivity index (χ2n) is 15.5. The molecule has 2 unspecified atom stereocenters. The zero-order valence-corrected chi connectivity index (χ0v) is 29.4. The molecule has 0 aromatic carbocycles. The Morgan fingerprint density at radius 2 is 1.54 bits per heavy atom. The Hall–Kier alpha value is -2.29. The van der Waals surface area contributed by atoms with Crippen molar-refractivity contribution in [1.29, 1.82) is 0 Å². The van der Waals surface area contributed by atoms with E-state index in [1.807, 2.05) is 20.8 Å². The number of ether oxygens (including phenoxy) is 2. The lowest BCUT2D eigenvalue weighted by Gasteiger charge is -2.48. The summed E-state index contributed by atoms with van der Waals surface area (Å²) in [5.41, 5.74) is -3.66. The van der Waals surface area contributed by atoms with E-state index in [4.69, 9.17) is 9.47 Å². The smallest absolute Gasteiger partial charge is 0.333 e. The van der Waals surface area contributed by atoms with Crippen molar-refractivity contribution < 1.29 is 39.2 Å². The van der Waals surface area contributed by atoms with E-state index < -0.39 is 58.0 Å². The van der Waals surface area contributed by atoms with Crippen LogP contribution in [0.25, 0.3) is 0 Å². The third kappa shape index (κ3) is 5.85. The number of fused-ring (bicyclic) bond motifs is 3. The van der Waals surface area contributed by atoms with Crippen LogP contribution in [0.4, 0.5) is 0 Å². The molecule has 4 aliphatic carbocycles. The van der Waals surface area contributed by atoms with Crippen molar-refractivity contribution >= 4 is 17.7 Å². The second-order valence-corrected chi connectivity index (χ2v) is 15.5. The van der Waals surface area contributed by atoms with Crippen LogP contribution >= 0.6 is 0 Å². The summed E-state index contributed by atoms with van der Waals surface area (Å²) in [6, 6.07) is 0. The number of allylic oxidation sites excluding steroid dienone is 2. The number of ketones is 1. The Kier molecular flexibility index (Phi) is 10.9. The first-order valence-electron chi connectivity index (χ1n) is 17.6. The second kappa shape index (κ2) is 13.7. The van der Waals surface area contributed by atoms with E-state index in [0.717, 1.165) is 24.8 Å². The fraction of sp³-hybridized carbons (Fsp3) is 0.763. The SMILES string of the molecule is CCCCCCCCCCCC(=O)O[C@@]12CC(C)C34C=C(C)[C@H](O)[C@@]3(O)[C@H](O)C(COC(=O)C(C)=C(C)C)=C[C@H](C4=O)[C@@H]1C2(C)C. The molecular formula is C38H58O8. The summed E-state index contributed by atoms with van der Waals surface area (Å²) in [4.78, 5) is 40.9. The number of carbonyl (C=O) groups excluding carboxylic acids is 3. The molecule has 0 radical (unpaired) electrons. The molecule has 4 aliphatic rings. The average Bonchev–Trinajstić information content (AvgIpc) is 3.41. The molecule has 0 aliphatic heterocycles. The van der Waals surface area contributed by atoms with Crippen LogP contribution in [-0.4, -0.2) is 63.1 Å². The molecule has 8 nitrogen and oxygen atoms in total. The molecule has 2 fully saturated rings. The largest absolute Gasteiger partial charge is 0.458 e. The molecule has 0 saturated heterocycles. The van der Waals surface area contributed by atoms with Gasteiger partial charge in [-0.3, -0.25) is 9.59 Å². The van der Waals surface area contributed by atoms with Gasteiger partial charge in [0.25, 0.3) is 0 Å². The lowest BCUT2D eigenvalue weighted by Crippen LogP contribution is -2.65. The maximum Gasteiger partial charge on any atom is 0.333 e. The van der Waals surface area contributed by atoms with E-state index in [9.17, 15) is 29.7 Å². The van der Waals surface area contributed by atoms with Gasteiger partial charge in [-0.1, -0.05) is 96.8 Å². The van der Waals surface area contributed by atoms with Crippen LogP contribution in [0.15, 0.2) is 34.4 Å². The Balaban J connectivity index is 1.60. The van der Waals surface area contributed by atoms with Gasteiger partial charge >= 0.3 is 11.9 Å². The Morgan fingerprint density at radius 3 is 2.13 bits per heavy atom. The fourth-order valence-corrected chi connectivity index (χ4v) is 9.01. The number of aliphatic hydroxyl groups excluding tert-OH is 2. The van der Waals surface area contributed by atoms with Crippen molar-refractivity contribution in [1.82, 2.24) is 0 Å².